The van der Waals surface area contributed by atoms with Crippen molar-refractivity contribution in [3.8, 4) is 11.5 Å². The zero-order valence-corrected chi connectivity index (χ0v) is 22.8. The average Bonchev–Trinajstić information content (AvgIpc) is 3.63. The van der Waals surface area contributed by atoms with Crippen LogP contribution in [-0.2, 0) is 20.0 Å². The maximum Gasteiger partial charge on any atom is 0.243 e. The second-order valence-corrected chi connectivity index (χ2v) is 13.5. The Bertz CT molecular complexity index is 1660. The molecule has 0 saturated carbocycles. The van der Waals surface area contributed by atoms with E-state index < -0.39 is 20.0 Å². The summed E-state index contributed by atoms with van der Waals surface area (Å²) in [6.45, 7) is 0.947. The van der Waals surface area contributed by atoms with Crippen LogP contribution < -0.4 is 4.74 Å². The van der Waals surface area contributed by atoms with Crippen molar-refractivity contribution in [3.05, 3.63) is 120 Å². The number of rotatable bonds is 8. The molecule has 2 heterocycles. The van der Waals surface area contributed by atoms with Gasteiger partial charge in [0.25, 0.3) is 0 Å². The molecule has 2 aliphatic rings. The highest BCUT2D eigenvalue weighted by molar-refractivity contribution is 7.89. The number of sulfonamides is 2. The summed E-state index contributed by atoms with van der Waals surface area (Å²) in [6.07, 6.45) is 1.61. The van der Waals surface area contributed by atoms with Crippen LogP contribution in [0.4, 0.5) is 0 Å². The molecule has 0 bridgehead atoms. The molecule has 3 atom stereocenters. The smallest absolute Gasteiger partial charge is 0.243 e. The van der Waals surface area contributed by atoms with Gasteiger partial charge in [-0.25, -0.2) is 16.8 Å². The van der Waals surface area contributed by atoms with E-state index in [1.807, 2.05) is 60.7 Å². The molecule has 4 aromatic carbocycles. The Kier molecular flexibility index (Phi) is 6.76. The number of benzene rings is 4. The molecular weight excluding hydrogens is 532 g/mol. The molecule has 0 aliphatic carbocycles. The fourth-order valence-electron chi connectivity index (χ4n) is 5.14. The molecule has 2 unspecified atom stereocenters. The lowest BCUT2D eigenvalue weighted by Crippen LogP contribution is -2.30. The van der Waals surface area contributed by atoms with Crippen molar-refractivity contribution in [2.75, 3.05) is 13.1 Å². The van der Waals surface area contributed by atoms with Gasteiger partial charge in [-0.3, -0.25) is 0 Å². The van der Waals surface area contributed by atoms with Crippen LogP contribution in [0.15, 0.2) is 119 Å². The molecular formula is C30H28N2O5S2. The fraction of sp³-hybridized carbons (Fsp3) is 0.200. The highest BCUT2D eigenvalue weighted by atomic mass is 32.2. The van der Waals surface area contributed by atoms with Gasteiger partial charge in [0, 0.05) is 13.1 Å². The number of hydrogen-bond donors (Lipinski definition) is 0. The van der Waals surface area contributed by atoms with Crippen molar-refractivity contribution in [1.82, 2.24) is 8.61 Å². The molecule has 0 aromatic heterocycles. The number of ether oxygens (including phenoxy) is 1. The Hall–Kier alpha value is -3.50. The van der Waals surface area contributed by atoms with Crippen LogP contribution >= 0.6 is 0 Å². The van der Waals surface area contributed by atoms with Crippen LogP contribution in [0.3, 0.4) is 0 Å². The summed E-state index contributed by atoms with van der Waals surface area (Å²) in [4.78, 5) is 0.416. The lowest BCUT2D eigenvalue weighted by atomic mass is 10.1. The fourth-order valence-corrected chi connectivity index (χ4v) is 8.37. The van der Waals surface area contributed by atoms with Gasteiger partial charge in [-0.15, -0.1) is 0 Å². The van der Waals surface area contributed by atoms with Crippen molar-refractivity contribution in [2.24, 2.45) is 0 Å². The third-order valence-electron chi connectivity index (χ3n) is 7.24. The molecule has 7 nitrogen and oxygen atoms in total. The Labute approximate surface area is 229 Å². The monoisotopic (exact) mass is 560 g/mol. The lowest BCUT2D eigenvalue weighted by Gasteiger charge is -2.24. The number of hydrogen-bond acceptors (Lipinski definition) is 5. The van der Waals surface area contributed by atoms with Crippen molar-refractivity contribution in [1.29, 1.82) is 0 Å². The molecule has 0 spiro atoms. The molecule has 0 radical (unpaired) electrons. The maximum absolute atomic E-state index is 13.4. The summed E-state index contributed by atoms with van der Waals surface area (Å²) in [5.74, 6) is 0.916. The first kappa shape index (κ1) is 25.8. The molecule has 2 saturated heterocycles. The van der Waals surface area contributed by atoms with Crippen LogP contribution in [-0.4, -0.2) is 38.5 Å². The van der Waals surface area contributed by atoms with E-state index in [9.17, 15) is 16.8 Å². The van der Waals surface area contributed by atoms with Gasteiger partial charge < -0.3 is 4.74 Å². The zero-order chi connectivity index (χ0) is 27.0. The molecule has 6 rings (SSSR count). The van der Waals surface area contributed by atoms with E-state index >= 15 is 0 Å². The Morgan fingerprint density at radius 2 is 1.03 bits per heavy atom. The third-order valence-corrected chi connectivity index (χ3v) is 11.0. The highest BCUT2D eigenvalue weighted by Gasteiger charge is 2.45. The molecule has 200 valence electrons. The largest absolute Gasteiger partial charge is 0.457 e. The van der Waals surface area contributed by atoms with E-state index in [1.165, 1.54) is 16.4 Å². The van der Waals surface area contributed by atoms with Crippen LogP contribution in [0.5, 0.6) is 11.5 Å². The van der Waals surface area contributed by atoms with E-state index in [2.05, 4.69) is 0 Å². The van der Waals surface area contributed by atoms with Gasteiger partial charge in [-0.2, -0.15) is 8.61 Å². The lowest BCUT2D eigenvalue weighted by molar-refractivity contribution is 0.396. The van der Waals surface area contributed by atoms with Crippen LogP contribution in [0.25, 0.3) is 0 Å². The molecule has 0 N–H and O–H groups in total. The second-order valence-electron chi connectivity index (χ2n) is 9.73. The van der Waals surface area contributed by atoms with Crippen molar-refractivity contribution in [2.45, 2.75) is 34.7 Å². The zero-order valence-electron chi connectivity index (χ0n) is 21.1. The Morgan fingerprint density at radius 3 is 1.54 bits per heavy atom. The highest BCUT2D eigenvalue weighted by Crippen LogP contribution is 2.41. The minimum Gasteiger partial charge on any atom is -0.457 e. The topological polar surface area (TPSA) is 83.8 Å². The van der Waals surface area contributed by atoms with Gasteiger partial charge >= 0.3 is 0 Å². The number of nitrogens with zero attached hydrogens (tertiary/aromatic N) is 2. The molecule has 4 aromatic rings. The summed E-state index contributed by atoms with van der Waals surface area (Å²) in [5.41, 5.74) is 1.98. The summed E-state index contributed by atoms with van der Waals surface area (Å²) in [5, 5.41) is 0. The SMILES string of the molecule is O=S(=O)(c1ccc(Oc2ccc(S(=O)(=O)N3CCC[C@@H]3c3ccccc3)cc2)cc1)N1CC1c1ccccc1. The normalized spacial score (nSPS) is 21.5. The maximum atomic E-state index is 13.4. The van der Waals surface area contributed by atoms with Gasteiger partial charge in [0.1, 0.15) is 11.5 Å². The minimum atomic E-state index is -3.67. The summed E-state index contributed by atoms with van der Waals surface area (Å²) < 4.78 is 61.8. The van der Waals surface area contributed by atoms with Gasteiger partial charge in [0.15, 0.2) is 0 Å². The van der Waals surface area contributed by atoms with Crippen LogP contribution in [0.1, 0.15) is 36.1 Å². The first-order valence-corrected chi connectivity index (χ1v) is 15.7. The Balaban J connectivity index is 1.13. The third kappa shape index (κ3) is 5.10. The summed E-state index contributed by atoms with van der Waals surface area (Å²) in [6, 6.07) is 31.6. The van der Waals surface area contributed by atoms with E-state index in [4.69, 9.17) is 4.74 Å². The molecule has 2 aliphatic heterocycles. The van der Waals surface area contributed by atoms with Gasteiger partial charge in [-0.05, 0) is 72.5 Å². The molecule has 2 fully saturated rings. The quantitative estimate of drug-likeness (QED) is 0.256. The van der Waals surface area contributed by atoms with Crippen molar-refractivity contribution in [3.63, 3.8) is 0 Å². The summed E-state index contributed by atoms with van der Waals surface area (Å²) in [7, 11) is -7.27. The predicted molar refractivity (Wildman–Crippen MR) is 148 cm³/mol. The van der Waals surface area contributed by atoms with E-state index in [1.54, 1.807) is 40.7 Å². The van der Waals surface area contributed by atoms with Crippen LogP contribution in [0, 0.1) is 0 Å². The molecule has 39 heavy (non-hydrogen) atoms. The van der Waals surface area contributed by atoms with E-state index in [0.29, 0.717) is 24.6 Å². The van der Waals surface area contributed by atoms with Crippen molar-refractivity contribution >= 4 is 20.0 Å². The van der Waals surface area contributed by atoms with E-state index in [0.717, 1.165) is 24.0 Å². The van der Waals surface area contributed by atoms with Gasteiger partial charge in [0.2, 0.25) is 20.0 Å². The average molecular weight is 561 g/mol. The molecule has 9 heteroatoms. The molecule has 0 amide bonds. The Morgan fingerprint density at radius 1 is 0.564 bits per heavy atom. The summed E-state index contributed by atoms with van der Waals surface area (Å²) >= 11 is 0. The standard InChI is InChI=1S/C30H28N2O5S2/c33-38(34,31-21-7-12-29(31)23-8-3-1-4-9-23)27-17-13-25(14-18-27)37-26-15-19-28(20-16-26)39(35,36)32-22-30(32)24-10-5-2-6-11-24/h1-6,8-11,13-20,29-30H,7,12,21-22H2/t29-,30?,32?/m1/s1. The van der Waals surface area contributed by atoms with Crippen LogP contribution in [0.2, 0.25) is 0 Å². The second kappa shape index (κ2) is 10.2. The van der Waals surface area contributed by atoms with Gasteiger partial charge in [0.05, 0.1) is 21.9 Å². The first-order valence-electron chi connectivity index (χ1n) is 12.9. The first-order chi connectivity index (χ1) is 18.8. The van der Waals surface area contributed by atoms with Crippen molar-refractivity contribution < 1.29 is 21.6 Å². The van der Waals surface area contributed by atoms with Gasteiger partial charge in [-0.1, -0.05) is 60.7 Å². The minimum absolute atomic E-state index is 0.134. The van der Waals surface area contributed by atoms with E-state index in [-0.39, 0.29) is 21.9 Å². The predicted octanol–water partition coefficient (Wildman–Crippen LogP) is 5.75.